The highest BCUT2D eigenvalue weighted by Crippen LogP contribution is 2.40. The lowest BCUT2D eigenvalue weighted by Crippen LogP contribution is -2.34. The molecule has 2 N–H and O–H groups in total. The van der Waals surface area contributed by atoms with Gasteiger partial charge in [-0.05, 0) is 43.0 Å². The summed E-state index contributed by atoms with van der Waals surface area (Å²) in [5.41, 5.74) is 2.44. The summed E-state index contributed by atoms with van der Waals surface area (Å²) in [7, 11) is 0. The lowest BCUT2D eigenvalue weighted by Gasteiger charge is -2.35. The predicted octanol–water partition coefficient (Wildman–Crippen LogP) is 4.66. The summed E-state index contributed by atoms with van der Waals surface area (Å²) >= 11 is 6.44. The number of aromatic nitrogens is 6. The molecule has 0 bridgehead atoms. The first kappa shape index (κ1) is 19.9. The molecule has 8 nitrogen and oxygen atoms in total. The molecule has 1 fully saturated rings. The van der Waals surface area contributed by atoms with Crippen LogP contribution in [0, 0.1) is 5.92 Å². The van der Waals surface area contributed by atoms with Crippen molar-refractivity contribution >= 4 is 39.5 Å². The van der Waals surface area contributed by atoms with Crippen LogP contribution in [0.1, 0.15) is 31.1 Å². The highest BCUT2D eigenvalue weighted by Gasteiger charge is 2.33. The van der Waals surface area contributed by atoms with E-state index in [1.807, 2.05) is 42.5 Å². The third-order valence-electron chi connectivity index (χ3n) is 6.30. The van der Waals surface area contributed by atoms with Gasteiger partial charge in [0.1, 0.15) is 17.7 Å². The number of nitrogens with one attached hydrogen (secondary N) is 2. The summed E-state index contributed by atoms with van der Waals surface area (Å²) < 4.78 is 1.68. The first-order valence-electron chi connectivity index (χ1n) is 10.9. The maximum Gasteiger partial charge on any atom is 0.267 e. The Hall–Kier alpha value is -3.78. The second kappa shape index (κ2) is 7.97. The number of halogens is 1. The average Bonchev–Trinajstić information content (AvgIpc) is 3.28. The van der Waals surface area contributed by atoms with Gasteiger partial charge in [-0.1, -0.05) is 42.3 Å². The molecule has 1 saturated carbocycles. The SMILES string of the molecule is O=c1c2c(Cl)cccc2nc([C@@H](Nc2ncnc3nc[nH]c23)C2CCC2)n1-c1ccccc1. The van der Waals surface area contributed by atoms with Gasteiger partial charge in [0.25, 0.3) is 5.56 Å². The largest absolute Gasteiger partial charge is 0.358 e. The zero-order valence-corrected chi connectivity index (χ0v) is 18.3. The monoisotopic (exact) mass is 457 g/mol. The molecule has 33 heavy (non-hydrogen) atoms. The molecule has 5 aromatic rings. The quantitative estimate of drug-likeness (QED) is 0.398. The van der Waals surface area contributed by atoms with E-state index in [0.29, 0.717) is 39.1 Å². The molecule has 1 atom stereocenters. The Balaban J connectivity index is 1.60. The molecule has 0 aliphatic heterocycles. The Morgan fingerprint density at radius 3 is 2.70 bits per heavy atom. The van der Waals surface area contributed by atoms with Gasteiger partial charge < -0.3 is 10.3 Å². The molecule has 1 aliphatic carbocycles. The van der Waals surface area contributed by atoms with Crippen molar-refractivity contribution in [2.45, 2.75) is 25.3 Å². The van der Waals surface area contributed by atoms with Crippen LogP contribution in [-0.4, -0.2) is 29.5 Å². The van der Waals surface area contributed by atoms with Gasteiger partial charge in [-0.3, -0.25) is 9.36 Å². The van der Waals surface area contributed by atoms with Gasteiger partial charge in [0.05, 0.1) is 34.0 Å². The molecule has 1 aliphatic rings. The Morgan fingerprint density at radius 2 is 1.91 bits per heavy atom. The van der Waals surface area contributed by atoms with Gasteiger partial charge >= 0.3 is 0 Å². The average molecular weight is 458 g/mol. The minimum Gasteiger partial charge on any atom is -0.358 e. The number of hydrogen-bond donors (Lipinski definition) is 2. The third-order valence-corrected chi connectivity index (χ3v) is 6.62. The van der Waals surface area contributed by atoms with Crippen LogP contribution >= 0.6 is 11.6 Å². The second-order valence-electron chi connectivity index (χ2n) is 8.22. The van der Waals surface area contributed by atoms with Crippen molar-refractivity contribution in [3.05, 3.63) is 82.4 Å². The van der Waals surface area contributed by atoms with E-state index in [-0.39, 0.29) is 11.6 Å². The molecular formula is C24H20ClN7O. The fraction of sp³-hybridized carbons (Fsp3) is 0.208. The maximum atomic E-state index is 13.8. The van der Waals surface area contributed by atoms with Gasteiger partial charge in [0, 0.05) is 0 Å². The molecule has 0 unspecified atom stereocenters. The van der Waals surface area contributed by atoms with Crippen LogP contribution in [0.3, 0.4) is 0 Å². The number of aromatic amines is 1. The molecule has 9 heteroatoms. The molecule has 0 saturated heterocycles. The zero-order valence-electron chi connectivity index (χ0n) is 17.6. The van der Waals surface area contributed by atoms with Crippen LogP contribution in [0.15, 0.2) is 66.0 Å². The summed E-state index contributed by atoms with van der Waals surface area (Å²) in [4.78, 5) is 34.8. The van der Waals surface area contributed by atoms with Crippen molar-refractivity contribution in [3.8, 4) is 5.69 Å². The number of benzene rings is 2. The van der Waals surface area contributed by atoms with Crippen LogP contribution in [0.2, 0.25) is 5.02 Å². The topological polar surface area (TPSA) is 101 Å². The van der Waals surface area contributed by atoms with Crippen LogP contribution in [0.25, 0.3) is 27.8 Å². The Labute approximate surface area is 193 Å². The van der Waals surface area contributed by atoms with Gasteiger partial charge in [-0.25, -0.2) is 19.9 Å². The van der Waals surface area contributed by atoms with Crippen LogP contribution in [0.5, 0.6) is 0 Å². The molecule has 164 valence electrons. The number of rotatable bonds is 5. The number of hydrogen-bond acceptors (Lipinski definition) is 6. The number of para-hydroxylation sites is 1. The summed E-state index contributed by atoms with van der Waals surface area (Å²) in [5.74, 6) is 1.57. The molecule has 3 heterocycles. The lowest BCUT2D eigenvalue weighted by atomic mass is 9.79. The van der Waals surface area contributed by atoms with Gasteiger partial charge in [-0.2, -0.15) is 0 Å². The number of anilines is 1. The lowest BCUT2D eigenvalue weighted by molar-refractivity contribution is 0.268. The van der Waals surface area contributed by atoms with E-state index in [1.165, 1.54) is 6.33 Å². The van der Waals surface area contributed by atoms with E-state index in [0.717, 1.165) is 30.5 Å². The van der Waals surface area contributed by atoms with E-state index in [1.54, 1.807) is 17.0 Å². The van der Waals surface area contributed by atoms with Crippen molar-refractivity contribution in [1.82, 2.24) is 29.5 Å². The summed E-state index contributed by atoms with van der Waals surface area (Å²) in [6.45, 7) is 0. The first-order valence-corrected chi connectivity index (χ1v) is 11.3. The minimum atomic E-state index is -0.239. The summed E-state index contributed by atoms with van der Waals surface area (Å²) in [5, 5.41) is 4.37. The van der Waals surface area contributed by atoms with E-state index in [4.69, 9.17) is 16.6 Å². The van der Waals surface area contributed by atoms with Crippen LogP contribution in [-0.2, 0) is 0 Å². The third kappa shape index (κ3) is 3.34. The standard InChI is InChI=1S/C24H20ClN7O/c25-16-10-5-11-17-18(16)24(33)32(15-8-2-1-3-9-15)23(30-17)19(14-6-4-7-14)31-22-20-21(27-12-26-20)28-13-29-22/h1-3,5,8-14,19H,4,6-7H2,(H2,26,27,28,29,31)/t19-/m0/s1. The molecule has 2 aromatic carbocycles. The molecule has 0 amide bonds. The van der Waals surface area contributed by atoms with E-state index in [9.17, 15) is 4.79 Å². The molecule has 3 aromatic heterocycles. The van der Waals surface area contributed by atoms with E-state index < -0.39 is 0 Å². The Morgan fingerprint density at radius 1 is 1.06 bits per heavy atom. The van der Waals surface area contributed by atoms with E-state index >= 15 is 0 Å². The van der Waals surface area contributed by atoms with Crippen molar-refractivity contribution in [2.24, 2.45) is 5.92 Å². The molecule has 6 rings (SSSR count). The van der Waals surface area contributed by atoms with Gasteiger partial charge in [-0.15, -0.1) is 0 Å². The van der Waals surface area contributed by atoms with Gasteiger partial charge in [0.2, 0.25) is 0 Å². The number of imidazole rings is 1. The Bertz CT molecular complexity index is 1520. The fourth-order valence-electron chi connectivity index (χ4n) is 4.43. The Kier molecular flexibility index (Phi) is 4.80. The smallest absolute Gasteiger partial charge is 0.267 e. The number of fused-ring (bicyclic) bond motifs is 2. The van der Waals surface area contributed by atoms with E-state index in [2.05, 4.69) is 25.3 Å². The van der Waals surface area contributed by atoms with Crippen molar-refractivity contribution < 1.29 is 0 Å². The van der Waals surface area contributed by atoms with Crippen molar-refractivity contribution in [1.29, 1.82) is 0 Å². The highest BCUT2D eigenvalue weighted by atomic mass is 35.5. The zero-order chi connectivity index (χ0) is 22.4. The molecular weight excluding hydrogens is 438 g/mol. The van der Waals surface area contributed by atoms with Crippen LogP contribution in [0.4, 0.5) is 5.82 Å². The second-order valence-corrected chi connectivity index (χ2v) is 8.62. The molecule has 0 radical (unpaired) electrons. The predicted molar refractivity (Wildman–Crippen MR) is 128 cm³/mol. The van der Waals surface area contributed by atoms with Crippen molar-refractivity contribution in [3.63, 3.8) is 0 Å². The van der Waals surface area contributed by atoms with Gasteiger partial charge in [0.15, 0.2) is 11.5 Å². The normalized spacial score (nSPS) is 14.9. The number of nitrogens with zero attached hydrogens (tertiary/aromatic N) is 5. The maximum absolute atomic E-state index is 13.8. The summed E-state index contributed by atoms with van der Waals surface area (Å²) in [6, 6.07) is 14.7. The minimum absolute atomic E-state index is 0.188. The first-order chi connectivity index (χ1) is 16.2. The fourth-order valence-corrected chi connectivity index (χ4v) is 4.68. The summed E-state index contributed by atoms with van der Waals surface area (Å²) in [6.07, 6.45) is 6.29. The molecule has 0 spiro atoms. The van der Waals surface area contributed by atoms with Crippen molar-refractivity contribution in [2.75, 3.05) is 5.32 Å². The highest BCUT2D eigenvalue weighted by molar-refractivity contribution is 6.35. The number of H-pyrrole nitrogens is 1. The van der Waals surface area contributed by atoms with Crippen LogP contribution < -0.4 is 10.9 Å².